The van der Waals surface area contributed by atoms with Crippen molar-refractivity contribution < 1.29 is 24.6 Å². The van der Waals surface area contributed by atoms with Crippen LogP contribution in [0.2, 0.25) is 0 Å². The summed E-state index contributed by atoms with van der Waals surface area (Å²) >= 11 is 1.47. The second kappa shape index (κ2) is 8.59. The summed E-state index contributed by atoms with van der Waals surface area (Å²) in [5.74, 6) is -1.45. The SMILES string of the molecule is CSCCC(NC(N)=O)C(=O)N[C@H](CO)C(=O)O. The van der Waals surface area contributed by atoms with Crippen molar-refractivity contribution in [2.75, 3.05) is 18.6 Å². The van der Waals surface area contributed by atoms with Gasteiger partial charge in [-0.3, -0.25) is 4.79 Å². The molecular weight excluding hydrogens is 262 g/mol. The number of primary amides is 1. The molecule has 0 saturated heterocycles. The molecule has 104 valence electrons. The molecule has 9 heteroatoms. The van der Waals surface area contributed by atoms with Crippen LogP contribution in [0.25, 0.3) is 0 Å². The largest absolute Gasteiger partial charge is 0.480 e. The van der Waals surface area contributed by atoms with Crippen molar-refractivity contribution in [3.63, 3.8) is 0 Å². The molecule has 0 aliphatic carbocycles. The molecule has 0 aromatic heterocycles. The number of carbonyl (C=O) groups is 3. The lowest BCUT2D eigenvalue weighted by molar-refractivity contribution is -0.143. The van der Waals surface area contributed by atoms with Gasteiger partial charge in [0.05, 0.1) is 6.61 Å². The number of carboxylic acids is 1. The van der Waals surface area contributed by atoms with Crippen LogP contribution in [0, 0.1) is 0 Å². The molecule has 0 aliphatic heterocycles. The van der Waals surface area contributed by atoms with E-state index in [2.05, 4.69) is 10.6 Å². The Hall–Kier alpha value is -1.48. The highest BCUT2D eigenvalue weighted by molar-refractivity contribution is 7.98. The summed E-state index contributed by atoms with van der Waals surface area (Å²) in [6, 6.07) is -3.18. The summed E-state index contributed by atoms with van der Waals surface area (Å²) < 4.78 is 0. The number of hydrogen-bond acceptors (Lipinski definition) is 5. The molecule has 0 spiro atoms. The van der Waals surface area contributed by atoms with Gasteiger partial charge in [-0.25, -0.2) is 9.59 Å². The summed E-state index contributed by atoms with van der Waals surface area (Å²) in [5.41, 5.74) is 4.92. The van der Waals surface area contributed by atoms with E-state index in [1.54, 1.807) is 0 Å². The third-order valence-corrected chi connectivity index (χ3v) is 2.68. The maximum atomic E-state index is 11.7. The summed E-state index contributed by atoms with van der Waals surface area (Å²) in [6.07, 6.45) is 2.14. The van der Waals surface area contributed by atoms with Crippen LogP contribution in [0.4, 0.5) is 4.79 Å². The van der Waals surface area contributed by atoms with E-state index in [9.17, 15) is 14.4 Å². The van der Waals surface area contributed by atoms with Gasteiger partial charge in [0.2, 0.25) is 5.91 Å². The molecule has 1 unspecified atom stereocenters. The minimum absolute atomic E-state index is 0.313. The van der Waals surface area contributed by atoms with Crippen molar-refractivity contribution in [1.82, 2.24) is 10.6 Å². The van der Waals surface area contributed by atoms with Gasteiger partial charge in [0.15, 0.2) is 0 Å². The minimum atomic E-state index is -1.40. The maximum Gasteiger partial charge on any atom is 0.328 e. The fraction of sp³-hybridized carbons (Fsp3) is 0.667. The van der Waals surface area contributed by atoms with E-state index in [4.69, 9.17) is 15.9 Å². The Balaban J connectivity index is 4.52. The van der Waals surface area contributed by atoms with Gasteiger partial charge in [-0.15, -0.1) is 0 Å². The van der Waals surface area contributed by atoms with Gasteiger partial charge < -0.3 is 26.6 Å². The summed E-state index contributed by atoms with van der Waals surface area (Å²) in [7, 11) is 0. The monoisotopic (exact) mass is 279 g/mol. The number of nitrogens with one attached hydrogen (secondary N) is 2. The Labute approximate surface area is 108 Å². The van der Waals surface area contributed by atoms with Crippen molar-refractivity contribution in [3.05, 3.63) is 0 Å². The number of nitrogens with two attached hydrogens (primary N) is 1. The molecule has 0 aromatic carbocycles. The Morgan fingerprint density at radius 2 is 1.89 bits per heavy atom. The zero-order chi connectivity index (χ0) is 14.1. The van der Waals surface area contributed by atoms with Crippen LogP contribution in [-0.4, -0.2) is 58.8 Å². The molecule has 3 amide bonds. The highest BCUT2D eigenvalue weighted by Crippen LogP contribution is 2.01. The lowest BCUT2D eigenvalue weighted by Crippen LogP contribution is -2.53. The van der Waals surface area contributed by atoms with Gasteiger partial charge >= 0.3 is 12.0 Å². The lowest BCUT2D eigenvalue weighted by atomic mass is 10.2. The van der Waals surface area contributed by atoms with Crippen LogP contribution < -0.4 is 16.4 Å². The van der Waals surface area contributed by atoms with Gasteiger partial charge in [0, 0.05) is 0 Å². The van der Waals surface area contributed by atoms with Crippen LogP contribution in [0.15, 0.2) is 0 Å². The fourth-order valence-electron chi connectivity index (χ4n) is 1.13. The predicted molar refractivity (Wildman–Crippen MR) is 66.2 cm³/mol. The molecule has 0 fully saturated rings. The van der Waals surface area contributed by atoms with E-state index in [1.807, 2.05) is 6.26 Å². The minimum Gasteiger partial charge on any atom is -0.480 e. The van der Waals surface area contributed by atoms with Gasteiger partial charge in [-0.1, -0.05) is 0 Å². The average Bonchev–Trinajstić information content (AvgIpc) is 2.30. The van der Waals surface area contributed by atoms with E-state index < -0.39 is 36.6 Å². The molecular formula is C9H17N3O5S. The Morgan fingerprint density at radius 1 is 1.28 bits per heavy atom. The molecule has 0 rings (SSSR count). The fourth-order valence-corrected chi connectivity index (χ4v) is 1.61. The van der Waals surface area contributed by atoms with Crippen LogP contribution in [-0.2, 0) is 9.59 Å². The number of aliphatic carboxylic acids is 1. The third-order valence-electron chi connectivity index (χ3n) is 2.04. The van der Waals surface area contributed by atoms with Gasteiger partial charge in [0.25, 0.3) is 0 Å². The van der Waals surface area contributed by atoms with Crippen molar-refractivity contribution >= 4 is 29.7 Å². The average molecular weight is 279 g/mol. The first kappa shape index (κ1) is 16.5. The zero-order valence-electron chi connectivity index (χ0n) is 9.88. The molecule has 0 radical (unpaired) electrons. The van der Waals surface area contributed by atoms with Crippen LogP contribution in [0.1, 0.15) is 6.42 Å². The highest BCUT2D eigenvalue weighted by atomic mass is 32.2. The van der Waals surface area contributed by atoms with E-state index in [1.165, 1.54) is 11.8 Å². The summed E-state index contributed by atoms with van der Waals surface area (Å²) in [6.45, 7) is -0.729. The van der Waals surface area contributed by atoms with E-state index in [-0.39, 0.29) is 0 Å². The Bertz CT molecular complexity index is 313. The number of aliphatic hydroxyl groups excluding tert-OH is 1. The molecule has 8 nitrogen and oxygen atoms in total. The Morgan fingerprint density at radius 3 is 2.28 bits per heavy atom. The van der Waals surface area contributed by atoms with Crippen molar-refractivity contribution in [1.29, 1.82) is 0 Å². The molecule has 0 heterocycles. The highest BCUT2D eigenvalue weighted by Gasteiger charge is 2.25. The van der Waals surface area contributed by atoms with E-state index in [0.717, 1.165) is 0 Å². The number of hydrogen-bond donors (Lipinski definition) is 5. The number of carbonyl (C=O) groups excluding carboxylic acids is 2. The standard InChI is InChI=1S/C9H17N3O5S/c1-18-3-2-5(12-9(10)17)7(14)11-6(4-13)8(15)16/h5-6,13H,2-4H2,1H3,(H,11,14)(H,15,16)(H3,10,12,17)/t5?,6-/m1/s1. The molecule has 2 atom stereocenters. The van der Waals surface area contributed by atoms with Gasteiger partial charge in [0.1, 0.15) is 12.1 Å². The molecule has 0 aromatic rings. The predicted octanol–water partition coefficient (Wildman–Crippen LogP) is -1.66. The summed E-state index contributed by atoms with van der Waals surface area (Å²) in [4.78, 5) is 33.1. The first-order valence-electron chi connectivity index (χ1n) is 5.11. The van der Waals surface area contributed by atoms with Gasteiger partial charge in [-0.2, -0.15) is 11.8 Å². The number of urea groups is 1. The van der Waals surface area contributed by atoms with Crippen LogP contribution in [0.5, 0.6) is 0 Å². The van der Waals surface area contributed by atoms with E-state index in [0.29, 0.717) is 12.2 Å². The quantitative estimate of drug-likeness (QED) is 0.360. The summed E-state index contributed by atoms with van der Waals surface area (Å²) in [5, 5.41) is 21.8. The number of amides is 3. The van der Waals surface area contributed by atoms with Crippen LogP contribution in [0.3, 0.4) is 0 Å². The second-order valence-electron chi connectivity index (χ2n) is 3.42. The van der Waals surface area contributed by atoms with Crippen LogP contribution >= 0.6 is 11.8 Å². The van der Waals surface area contributed by atoms with Crippen molar-refractivity contribution in [2.24, 2.45) is 5.73 Å². The first-order chi connectivity index (χ1) is 8.42. The van der Waals surface area contributed by atoms with Crippen molar-refractivity contribution in [3.8, 4) is 0 Å². The number of carboxylic acid groups (broad SMARTS) is 1. The molecule has 18 heavy (non-hydrogen) atoms. The van der Waals surface area contributed by atoms with E-state index >= 15 is 0 Å². The first-order valence-corrected chi connectivity index (χ1v) is 6.50. The molecule has 0 saturated carbocycles. The third kappa shape index (κ3) is 6.30. The van der Waals surface area contributed by atoms with Gasteiger partial charge in [-0.05, 0) is 18.4 Å². The smallest absolute Gasteiger partial charge is 0.328 e. The number of aliphatic hydroxyl groups is 1. The second-order valence-corrected chi connectivity index (χ2v) is 4.41. The Kier molecular flexibility index (Phi) is 7.88. The zero-order valence-corrected chi connectivity index (χ0v) is 10.7. The molecule has 0 bridgehead atoms. The lowest BCUT2D eigenvalue weighted by Gasteiger charge is -2.19. The van der Waals surface area contributed by atoms with Crippen molar-refractivity contribution in [2.45, 2.75) is 18.5 Å². The topological polar surface area (TPSA) is 142 Å². The number of thioether (sulfide) groups is 1. The number of rotatable bonds is 8. The normalized spacial score (nSPS) is 13.4. The maximum absolute atomic E-state index is 11.7. The molecule has 6 N–H and O–H groups in total. The molecule has 0 aliphatic rings.